The molecule has 0 saturated carbocycles. The number of ether oxygens (including phenoxy) is 1. The van der Waals surface area contributed by atoms with E-state index in [-0.39, 0.29) is 18.6 Å². The van der Waals surface area contributed by atoms with Gasteiger partial charge < -0.3 is 20.5 Å². The van der Waals surface area contributed by atoms with Gasteiger partial charge in [0.1, 0.15) is 0 Å². The van der Waals surface area contributed by atoms with Crippen molar-refractivity contribution in [1.29, 1.82) is 0 Å². The third-order valence-corrected chi connectivity index (χ3v) is 4.72. The molecule has 1 amide bonds. The van der Waals surface area contributed by atoms with Crippen LogP contribution in [-0.4, -0.2) is 60.5 Å². The number of nitrogens with one attached hydrogen (secondary N) is 2. The number of aliphatic hydroxyl groups excluding tert-OH is 1. The summed E-state index contributed by atoms with van der Waals surface area (Å²) in [7, 11) is 0. The van der Waals surface area contributed by atoms with Gasteiger partial charge in [-0.3, -0.25) is 4.79 Å². The number of hydrogen-bond acceptors (Lipinski definition) is 5. The molecule has 6 heteroatoms. The molecule has 2 fully saturated rings. The highest BCUT2D eigenvalue weighted by atomic mass is 32.2. The first-order valence-electron chi connectivity index (χ1n) is 6.55. The lowest BCUT2D eigenvalue weighted by Gasteiger charge is -2.37. The first kappa shape index (κ1) is 14.1. The number of rotatable bonds is 4. The molecule has 2 rings (SSSR count). The van der Waals surface area contributed by atoms with Gasteiger partial charge in [-0.05, 0) is 12.8 Å². The van der Waals surface area contributed by atoms with Crippen molar-refractivity contribution in [3.05, 3.63) is 0 Å². The van der Waals surface area contributed by atoms with Crippen LogP contribution in [0.3, 0.4) is 0 Å². The molecule has 0 aliphatic carbocycles. The maximum absolute atomic E-state index is 12.0. The fourth-order valence-electron chi connectivity index (χ4n) is 2.41. The summed E-state index contributed by atoms with van der Waals surface area (Å²) in [4.78, 5) is 12.0. The van der Waals surface area contributed by atoms with Crippen molar-refractivity contribution in [2.75, 3.05) is 37.9 Å². The Morgan fingerprint density at radius 2 is 2.28 bits per heavy atom. The molecule has 0 aromatic heterocycles. The van der Waals surface area contributed by atoms with Gasteiger partial charge in [-0.15, -0.1) is 0 Å². The maximum atomic E-state index is 12.0. The molecular weight excluding hydrogens is 252 g/mol. The van der Waals surface area contributed by atoms with Crippen molar-refractivity contribution < 1.29 is 14.6 Å². The molecule has 3 N–H and O–H groups in total. The Balaban J connectivity index is 1.81. The minimum absolute atomic E-state index is 0.00501. The quantitative estimate of drug-likeness (QED) is 0.659. The van der Waals surface area contributed by atoms with Gasteiger partial charge in [0.05, 0.1) is 12.1 Å². The lowest BCUT2D eigenvalue weighted by atomic mass is 9.90. The zero-order valence-electron chi connectivity index (χ0n) is 10.6. The van der Waals surface area contributed by atoms with E-state index >= 15 is 0 Å². The van der Waals surface area contributed by atoms with Crippen LogP contribution in [-0.2, 0) is 9.53 Å². The van der Waals surface area contributed by atoms with E-state index in [2.05, 4.69) is 10.6 Å². The van der Waals surface area contributed by atoms with Crippen molar-refractivity contribution >= 4 is 17.7 Å². The summed E-state index contributed by atoms with van der Waals surface area (Å²) >= 11 is 1.88. The topological polar surface area (TPSA) is 70.6 Å². The molecule has 2 heterocycles. The van der Waals surface area contributed by atoms with E-state index in [9.17, 15) is 9.90 Å². The molecule has 1 unspecified atom stereocenters. The van der Waals surface area contributed by atoms with Gasteiger partial charge in [0, 0.05) is 43.7 Å². The average molecular weight is 274 g/mol. The lowest BCUT2D eigenvalue weighted by Crippen LogP contribution is -2.55. The largest absolute Gasteiger partial charge is 0.394 e. The Labute approximate surface area is 112 Å². The third-order valence-electron chi connectivity index (χ3n) is 3.59. The second kappa shape index (κ2) is 6.75. The molecule has 5 nitrogen and oxygen atoms in total. The Hall–Kier alpha value is -0.300. The van der Waals surface area contributed by atoms with Gasteiger partial charge in [0.15, 0.2) is 0 Å². The van der Waals surface area contributed by atoms with Crippen molar-refractivity contribution in [1.82, 2.24) is 10.6 Å². The fourth-order valence-corrected chi connectivity index (χ4v) is 3.36. The molecule has 2 aliphatic rings. The smallest absolute Gasteiger partial charge is 0.222 e. The van der Waals surface area contributed by atoms with Crippen LogP contribution in [0.2, 0.25) is 0 Å². The summed E-state index contributed by atoms with van der Waals surface area (Å²) in [6, 6.07) is 0.263. The van der Waals surface area contributed by atoms with Crippen LogP contribution in [0.5, 0.6) is 0 Å². The first-order chi connectivity index (χ1) is 8.74. The molecule has 0 aromatic rings. The van der Waals surface area contributed by atoms with Gasteiger partial charge in [-0.1, -0.05) is 0 Å². The number of hydrogen-bond donors (Lipinski definition) is 3. The predicted octanol–water partition coefficient (Wildman–Crippen LogP) is -0.261. The second-order valence-electron chi connectivity index (χ2n) is 5.03. The third kappa shape index (κ3) is 3.85. The molecule has 1 atom stereocenters. The minimum atomic E-state index is -0.461. The number of carbonyl (C=O) groups is 1. The van der Waals surface area contributed by atoms with Crippen molar-refractivity contribution in [2.24, 2.45) is 0 Å². The van der Waals surface area contributed by atoms with Crippen LogP contribution in [0.1, 0.15) is 19.3 Å². The summed E-state index contributed by atoms with van der Waals surface area (Å²) < 4.78 is 5.28. The second-order valence-corrected chi connectivity index (χ2v) is 6.18. The Bertz CT molecular complexity index is 276. The minimum Gasteiger partial charge on any atom is -0.394 e. The van der Waals surface area contributed by atoms with E-state index in [4.69, 9.17) is 4.74 Å². The molecule has 0 spiro atoms. The monoisotopic (exact) mass is 274 g/mol. The standard InChI is InChI=1S/C12H22N2O3S/c15-9-12(1-4-17-5-2-12)14-11(16)7-10-8-18-6-3-13-10/h10,13,15H,1-9H2,(H,14,16). The van der Waals surface area contributed by atoms with Crippen LogP contribution in [0.25, 0.3) is 0 Å². The fraction of sp³-hybridized carbons (Fsp3) is 0.917. The normalized spacial score (nSPS) is 27.7. The Kier molecular flexibility index (Phi) is 5.29. The Morgan fingerprint density at radius 1 is 1.50 bits per heavy atom. The molecule has 0 aromatic carbocycles. The number of aliphatic hydroxyl groups is 1. The Morgan fingerprint density at radius 3 is 2.89 bits per heavy atom. The maximum Gasteiger partial charge on any atom is 0.222 e. The van der Waals surface area contributed by atoms with Crippen LogP contribution >= 0.6 is 11.8 Å². The van der Waals surface area contributed by atoms with Gasteiger partial charge in [-0.25, -0.2) is 0 Å². The number of carbonyl (C=O) groups excluding carboxylic acids is 1. The van der Waals surface area contributed by atoms with Gasteiger partial charge in [0.25, 0.3) is 0 Å². The highest BCUT2D eigenvalue weighted by Crippen LogP contribution is 2.20. The lowest BCUT2D eigenvalue weighted by molar-refractivity contribution is -0.125. The van der Waals surface area contributed by atoms with E-state index in [1.54, 1.807) is 0 Å². The first-order valence-corrected chi connectivity index (χ1v) is 7.70. The summed E-state index contributed by atoms with van der Waals surface area (Å²) in [5.41, 5.74) is -0.461. The van der Waals surface area contributed by atoms with Gasteiger partial charge in [-0.2, -0.15) is 11.8 Å². The van der Waals surface area contributed by atoms with E-state index in [0.29, 0.717) is 32.5 Å². The molecule has 18 heavy (non-hydrogen) atoms. The van der Waals surface area contributed by atoms with Crippen LogP contribution in [0, 0.1) is 0 Å². The van der Waals surface area contributed by atoms with E-state index in [1.165, 1.54) is 0 Å². The SMILES string of the molecule is O=C(CC1CSCCN1)NC1(CO)CCOCC1. The summed E-state index contributed by atoms with van der Waals surface area (Å²) in [6.07, 6.45) is 1.89. The zero-order valence-corrected chi connectivity index (χ0v) is 11.4. The summed E-state index contributed by atoms with van der Waals surface area (Å²) in [5.74, 6) is 2.14. The molecule has 0 radical (unpaired) electrons. The van der Waals surface area contributed by atoms with Crippen molar-refractivity contribution in [3.63, 3.8) is 0 Å². The highest BCUT2D eigenvalue weighted by Gasteiger charge is 2.33. The predicted molar refractivity (Wildman–Crippen MR) is 71.7 cm³/mol. The average Bonchev–Trinajstić information content (AvgIpc) is 2.41. The van der Waals surface area contributed by atoms with Crippen molar-refractivity contribution in [3.8, 4) is 0 Å². The molecule has 104 valence electrons. The zero-order chi connectivity index (χ0) is 12.8. The van der Waals surface area contributed by atoms with Crippen LogP contribution in [0.4, 0.5) is 0 Å². The van der Waals surface area contributed by atoms with Crippen LogP contribution in [0.15, 0.2) is 0 Å². The van der Waals surface area contributed by atoms with E-state index in [1.807, 2.05) is 11.8 Å². The van der Waals surface area contributed by atoms with Gasteiger partial charge >= 0.3 is 0 Å². The highest BCUT2D eigenvalue weighted by molar-refractivity contribution is 7.99. The van der Waals surface area contributed by atoms with E-state index < -0.39 is 5.54 Å². The molecule has 2 saturated heterocycles. The van der Waals surface area contributed by atoms with E-state index in [0.717, 1.165) is 18.1 Å². The van der Waals surface area contributed by atoms with Crippen molar-refractivity contribution in [2.45, 2.75) is 30.8 Å². The number of thioether (sulfide) groups is 1. The summed E-state index contributed by atoms with van der Waals surface area (Å²) in [6.45, 7) is 2.19. The van der Waals surface area contributed by atoms with Crippen LogP contribution < -0.4 is 10.6 Å². The molecule has 0 bridgehead atoms. The van der Waals surface area contributed by atoms with Gasteiger partial charge in [0.2, 0.25) is 5.91 Å². The molecular formula is C12H22N2O3S. The number of amides is 1. The molecule has 2 aliphatic heterocycles. The summed E-state index contributed by atoms with van der Waals surface area (Å²) in [5, 5.41) is 15.9.